The number of hydrogen-bond acceptors (Lipinski definition) is 5. The molecule has 1 aliphatic heterocycles. The maximum atomic E-state index is 13.1. The van der Waals surface area contributed by atoms with Crippen LogP contribution in [0.4, 0.5) is 0 Å². The molecule has 0 atom stereocenters. The Labute approximate surface area is 182 Å². The van der Waals surface area contributed by atoms with Crippen LogP contribution < -0.4 is 19.5 Å². The lowest BCUT2D eigenvalue weighted by atomic mass is 10.1. The number of hydrogen-bond donors (Lipinski definition) is 1. The lowest BCUT2D eigenvalue weighted by Gasteiger charge is -2.29. The molecule has 0 bridgehead atoms. The lowest BCUT2D eigenvalue weighted by Crippen LogP contribution is -2.40. The van der Waals surface area contributed by atoms with E-state index in [1.165, 1.54) is 7.11 Å². The Bertz CT molecular complexity index is 939. The number of carbonyl (C=O) groups excluding carboxylic acids is 2. The number of para-hydroxylation sites is 1. The molecule has 1 heterocycles. The zero-order valence-corrected chi connectivity index (χ0v) is 17.8. The van der Waals surface area contributed by atoms with E-state index in [1.54, 1.807) is 18.2 Å². The summed E-state index contributed by atoms with van der Waals surface area (Å²) in [6, 6.07) is 13.1. The van der Waals surface area contributed by atoms with Gasteiger partial charge in [0.05, 0.1) is 12.7 Å². The van der Waals surface area contributed by atoms with Crippen molar-refractivity contribution in [1.29, 1.82) is 0 Å². The fourth-order valence-corrected chi connectivity index (χ4v) is 4.23. The molecule has 1 aliphatic carbocycles. The first-order chi connectivity index (χ1) is 15.2. The summed E-state index contributed by atoms with van der Waals surface area (Å²) in [6.45, 7) is 1.04. The maximum Gasteiger partial charge on any atom is 0.255 e. The molecular formula is C24H28N2O5. The van der Waals surface area contributed by atoms with Crippen LogP contribution in [0.25, 0.3) is 0 Å². The molecule has 0 saturated heterocycles. The third-order valence-corrected chi connectivity index (χ3v) is 5.85. The van der Waals surface area contributed by atoms with Gasteiger partial charge in [0.15, 0.2) is 11.5 Å². The van der Waals surface area contributed by atoms with E-state index in [0.717, 1.165) is 42.7 Å². The number of nitrogens with zero attached hydrogens (tertiary/aromatic N) is 1. The average Bonchev–Trinajstić information content (AvgIpc) is 3.49. The Morgan fingerprint density at radius 2 is 1.87 bits per heavy atom. The van der Waals surface area contributed by atoms with E-state index in [2.05, 4.69) is 5.32 Å². The van der Waals surface area contributed by atoms with Crippen molar-refractivity contribution in [3.8, 4) is 17.2 Å². The fraction of sp³-hybridized carbons (Fsp3) is 0.417. The SMILES string of the molecule is COc1ccccc1C(=O)NCCC(=O)N(Cc1ccc2c(c1)OCO2)C1CCCC1. The molecule has 31 heavy (non-hydrogen) atoms. The van der Waals surface area contributed by atoms with Gasteiger partial charge < -0.3 is 24.4 Å². The number of amides is 2. The van der Waals surface area contributed by atoms with Crippen molar-refractivity contribution in [3.05, 3.63) is 53.6 Å². The van der Waals surface area contributed by atoms with Gasteiger partial charge in [0.25, 0.3) is 5.91 Å². The van der Waals surface area contributed by atoms with Crippen molar-refractivity contribution in [3.63, 3.8) is 0 Å². The number of benzene rings is 2. The van der Waals surface area contributed by atoms with Crippen molar-refractivity contribution in [2.45, 2.75) is 44.7 Å². The van der Waals surface area contributed by atoms with Crippen LogP contribution in [0.15, 0.2) is 42.5 Å². The normalized spacial score (nSPS) is 15.0. The van der Waals surface area contributed by atoms with Crippen molar-refractivity contribution in [2.24, 2.45) is 0 Å². The van der Waals surface area contributed by atoms with Crippen molar-refractivity contribution in [1.82, 2.24) is 10.2 Å². The first-order valence-electron chi connectivity index (χ1n) is 10.7. The molecular weight excluding hydrogens is 396 g/mol. The Balaban J connectivity index is 1.38. The van der Waals surface area contributed by atoms with Crippen LogP contribution in [0.1, 0.15) is 48.0 Å². The van der Waals surface area contributed by atoms with Gasteiger partial charge in [0, 0.05) is 25.6 Å². The van der Waals surface area contributed by atoms with Crippen LogP contribution in [-0.2, 0) is 11.3 Å². The number of ether oxygens (including phenoxy) is 3. The first-order valence-corrected chi connectivity index (χ1v) is 10.7. The van der Waals surface area contributed by atoms with Crippen LogP contribution in [0.3, 0.4) is 0 Å². The largest absolute Gasteiger partial charge is 0.496 e. The molecule has 7 nitrogen and oxygen atoms in total. The Hall–Kier alpha value is -3.22. The van der Waals surface area contributed by atoms with Crippen molar-refractivity contribution in [2.75, 3.05) is 20.4 Å². The van der Waals surface area contributed by atoms with Crippen molar-refractivity contribution < 1.29 is 23.8 Å². The number of nitrogens with one attached hydrogen (secondary N) is 1. The van der Waals surface area contributed by atoms with Crippen LogP contribution in [0, 0.1) is 0 Å². The van der Waals surface area contributed by atoms with Gasteiger partial charge in [-0.1, -0.05) is 31.0 Å². The minimum Gasteiger partial charge on any atom is -0.496 e. The standard InChI is InChI=1S/C24H28N2O5/c1-29-20-9-5-4-8-19(20)24(28)25-13-12-23(27)26(18-6-2-3-7-18)15-17-10-11-21-22(14-17)31-16-30-21/h4-5,8-11,14,18H,2-3,6-7,12-13,15-16H2,1H3,(H,25,28). The first kappa shape index (κ1) is 21.0. The van der Waals surface area contributed by atoms with E-state index < -0.39 is 0 Å². The second-order valence-corrected chi connectivity index (χ2v) is 7.85. The average molecular weight is 424 g/mol. The second-order valence-electron chi connectivity index (χ2n) is 7.85. The smallest absolute Gasteiger partial charge is 0.255 e. The molecule has 1 N–H and O–H groups in total. The van der Waals surface area contributed by atoms with E-state index in [9.17, 15) is 9.59 Å². The highest BCUT2D eigenvalue weighted by Crippen LogP contribution is 2.34. The van der Waals surface area contributed by atoms with Crippen LogP contribution in [0.2, 0.25) is 0 Å². The zero-order chi connectivity index (χ0) is 21.6. The molecule has 0 aromatic heterocycles. The summed E-state index contributed by atoms with van der Waals surface area (Å²) < 4.78 is 16.1. The second kappa shape index (κ2) is 9.73. The molecule has 164 valence electrons. The Morgan fingerprint density at radius 1 is 1.10 bits per heavy atom. The van der Waals surface area contributed by atoms with Crippen LogP contribution in [0.5, 0.6) is 17.2 Å². The molecule has 0 radical (unpaired) electrons. The highest BCUT2D eigenvalue weighted by Gasteiger charge is 2.27. The highest BCUT2D eigenvalue weighted by molar-refractivity contribution is 5.97. The summed E-state index contributed by atoms with van der Waals surface area (Å²) in [5.74, 6) is 1.78. The quantitative estimate of drug-likeness (QED) is 0.702. The summed E-state index contributed by atoms with van der Waals surface area (Å²) in [5, 5.41) is 2.84. The monoisotopic (exact) mass is 424 g/mol. The van der Waals surface area contributed by atoms with E-state index in [1.807, 2.05) is 29.2 Å². The summed E-state index contributed by atoms with van der Waals surface area (Å²) in [7, 11) is 1.53. The zero-order valence-electron chi connectivity index (χ0n) is 17.8. The molecule has 1 saturated carbocycles. The molecule has 2 aromatic rings. The summed E-state index contributed by atoms with van der Waals surface area (Å²) in [4.78, 5) is 27.6. The maximum absolute atomic E-state index is 13.1. The van der Waals surface area contributed by atoms with Crippen LogP contribution >= 0.6 is 0 Å². The number of methoxy groups -OCH3 is 1. The summed E-state index contributed by atoms with van der Waals surface area (Å²) in [5.41, 5.74) is 1.48. The number of carbonyl (C=O) groups is 2. The fourth-order valence-electron chi connectivity index (χ4n) is 4.23. The molecule has 0 unspecified atom stereocenters. The molecule has 0 spiro atoms. The molecule has 2 amide bonds. The molecule has 4 rings (SSSR count). The predicted octanol–water partition coefficient (Wildman–Crippen LogP) is 3.52. The van der Waals surface area contributed by atoms with Gasteiger partial charge in [-0.15, -0.1) is 0 Å². The van der Waals surface area contributed by atoms with Gasteiger partial charge >= 0.3 is 0 Å². The van der Waals surface area contributed by atoms with E-state index in [-0.39, 0.29) is 37.6 Å². The number of rotatable bonds is 8. The minimum absolute atomic E-state index is 0.0462. The molecule has 2 aliphatic rings. The summed E-state index contributed by atoms with van der Waals surface area (Å²) in [6.07, 6.45) is 4.57. The topological polar surface area (TPSA) is 77.1 Å². The van der Waals surface area contributed by atoms with Crippen molar-refractivity contribution >= 4 is 11.8 Å². The third-order valence-electron chi connectivity index (χ3n) is 5.85. The van der Waals surface area contributed by atoms with Gasteiger partial charge in [-0.2, -0.15) is 0 Å². The predicted molar refractivity (Wildman–Crippen MR) is 115 cm³/mol. The van der Waals surface area contributed by atoms with E-state index in [0.29, 0.717) is 17.9 Å². The van der Waals surface area contributed by atoms with E-state index in [4.69, 9.17) is 14.2 Å². The minimum atomic E-state index is -0.242. The van der Waals surface area contributed by atoms with Crippen LogP contribution in [-0.4, -0.2) is 43.2 Å². The highest BCUT2D eigenvalue weighted by atomic mass is 16.7. The molecule has 1 fully saturated rings. The van der Waals surface area contributed by atoms with E-state index >= 15 is 0 Å². The Kier molecular flexibility index (Phi) is 6.60. The van der Waals surface area contributed by atoms with Gasteiger partial charge in [-0.3, -0.25) is 9.59 Å². The lowest BCUT2D eigenvalue weighted by molar-refractivity contribution is -0.134. The van der Waals surface area contributed by atoms with Gasteiger partial charge in [-0.05, 0) is 42.7 Å². The molecule has 2 aromatic carbocycles. The molecule has 7 heteroatoms. The number of fused-ring (bicyclic) bond motifs is 1. The van der Waals surface area contributed by atoms with Gasteiger partial charge in [-0.25, -0.2) is 0 Å². The van der Waals surface area contributed by atoms with Gasteiger partial charge in [0.1, 0.15) is 5.75 Å². The van der Waals surface area contributed by atoms with Gasteiger partial charge in [0.2, 0.25) is 12.7 Å². The Morgan fingerprint density at radius 3 is 2.68 bits per heavy atom. The summed E-state index contributed by atoms with van der Waals surface area (Å²) >= 11 is 0. The third kappa shape index (κ3) is 4.93.